The van der Waals surface area contributed by atoms with Gasteiger partial charge in [0.2, 0.25) is 0 Å². The first-order chi connectivity index (χ1) is 9.00. The van der Waals surface area contributed by atoms with E-state index in [1.54, 1.807) is 43.4 Å². The third kappa shape index (κ3) is 2.91. The average Bonchev–Trinajstić information content (AvgIpc) is 2.38. The fourth-order valence-corrected chi connectivity index (χ4v) is 2.35. The summed E-state index contributed by atoms with van der Waals surface area (Å²) >= 11 is 9.36. The van der Waals surface area contributed by atoms with Crippen LogP contribution in [0.3, 0.4) is 0 Å². The number of hydrogen-bond donors (Lipinski definition) is 1. The quantitative estimate of drug-likeness (QED) is 0.842. The minimum Gasteiger partial charge on any atom is -0.397 e. The highest BCUT2D eigenvalue weighted by Crippen LogP contribution is 2.28. The van der Waals surface area contributed by atoms with Gasteiger partial charge in [0.1, 0.15) is 0 Å². The van der Waals surface area contributed by atoms with Crippen molar-refractivity contribution in [2.24, 2.45) is 0 Å². The van der Waals surface area contributed by atoms with Crippen molar-refractivity contribution in [1.29, 1.82) is 0 Å². The fraction of sp³-hybridized carbons (Fsp3) is 0.0714. The Kier molecular flexibility index (Phi) is 4.12. The summed E-state index contributed by atoms with van der Waals surface area (Å²) in [5, 5.41) is 0.426. The second-order valence-electron chi connectivity index (χ2n) is 4.05. The van der Waals surface area contributed by atoms with Gasteiger partial charge in [0.05, 0.1) is 22.0 Å². The first-order valence-corrected chi connectivity index (χ1v) is 6.75. The largest absolute Gasteiger partial charge is 0.397 e. The lowest BCUT2D eigenvalue weighted by atomic mass is 10.1. The number of benzene rings is 2. The number of rotatable bonds is 2. The van der Waals surface area contributed by atoms with Crippen LogP contribution in [0.25, 0.3) is 0 Å². The average molecular weight is 340 g/mol. The summed E-state index contributed by atoms with van der Waals surface area (Å²) < 4.78 is 0.868. The third-order valence-electron chi connectivity index (χ3n) is 2.76. The Morgan fingerprint density at radius 1 is 1.26 bits per heavy atom. The molecular weight excluding hydrogens is 328 g/mol. The molecule has 0 atom stereocenters. The summed E-state index contributed by atoms with van der Waals surface area (Å²) in [4.78, 5) is 13.9. The molecule has 0 aliphatic rings. The van der Waals surface area contributed by atoms with E-state index in [1.165, 1.54) is 4.90 Å². The molecule has 1 amide bonds. The number of carbonyl (C=O) groups excluding carboxylic acids is 1. The van der Waals surface area contributed by atoms with Crippen LogP contribution in [0.5, 0.6) is 0 Å². The van der Waals surface area contributed by atoms with E-state index in [0.29, 0.717) is 22.0 Å². The first kappa shape index (κ1) is 13.9. The van der Waals surface area contributed by atoms with Crippen molar-refractivity contribution < 1.29 is 4.79 Å². The summed E-state index contributed by atoms with van der Waals surface area (Å²) in [6.07, 6.45) is 0. The van der Waals surface area contributed by atoms with Crippen LogP contribution in [0.15, 0.2) is 46.9 Å². The molecule has 2 aromatic carbocycles. The summed E-state index contributed by atoms with van der Waals surface area (Å²) in [6, 6.07) is 12.3. The Morgan fingerprint density at radius 3 is 2.58 bits per heavy atom. The standard InChI is InChI=1S/C14H12BrClN2O/c1-18(13-7-6-9(15)8-12(13)17)14(19)10-4-2-3-5-11(10)16/h2-8H,17H2,1H3. The van der Waals surface area contributed by atoms with Crippen LogP contribution in [0.2, 0.25) is 5.02 Å². The molecule has 0 heterocycles. The van der Waals surface area contributed by atoms with E-state index < -0.39 is 0 Å². The van der Waals surface area contributed by atoms with Crippen molar-refractivity contribution in [3.05, 3.63) is 57.5 Å². The maximum Gasteiger partial charge on any atom is 0.259 e. The second kappa shape index (κ2) is 5.63. The predicted octanol–water partition coefficient (Wildman–Crippen LogP) is 3.96. The smallest absolute Gasteiger partial charge is 0.259 e. The van der Waals surface area contributed by atoms with Crippen molar-refractivity contribution in [2.45, 2.75) is 0 Å². The highest BCUT2D eigenvalue weighted by Gasteiger charge is 2.17. The number of anilines is 2. The fourth-order valence-electron chi connectivity index (χ4n) is 1.76. The van der Waals surface area contributed by atoms with Gasteiger partial charge in [0, 0.05) is 11.5 Å². The Bertz CT molecular complexity index is 631. The van der Waals surface area contributed by atoms with Gasteiger partial charge < -0.3 is 10.6 Å². The van der Waals surface area contributed by atoms with Crippen molar-refractivity contribution in [3.63, 3.8) is 0 Å². The summed E-state index contributed by atoms with van der Waals surface area (Å²) in [5.41, 5.74) is 7.54. The maximum atomic E-state index is 12.4. The maximum absolute atomic E-state index is 12.4. The lowest BCUT2D eigenvalue weighted by molar-refractivity contribution is 0.0993. The zero-order valence-electron chi connectivity index (χ0n) is 10.2. The first-order valence-electron chi connectivity index (χ1n) is 5.58. The number of nitrogens with two attached hydrogens (primary N) is 1. The molecule has 3 nitrogen and oxygen atoms in total. The van der Waals surface area contributed by atoms with Crippen molar-refractivity contribution in [3.8, 4) is 0 Å². The van der Waals surface area contributed by atoms with Crippen LogP contribution in [0, 0.1) is 0 Å². The molecule has 0 aromatic heterocycles. The van der Waals surface area contributed by atoms with Crippen molar-refractivity contribution in [2.75, 3.05) is 17.7 Å². The summed E-state index contributed by atoms with van der Waals surface area (Å²) in [7, 11) is 1.67. The molecule has 0 aliphatic heterocycles. The van der Waals surface area contributed by atoms with Gasteiger partial charge in [-0.25, -0.2) is 0 Å². The molecule has 0 radical (unpaired) electrons. The highest BCUT2D eigenvalue weighted by molar-refractivity contribution is 9.10. The minimum atomic E-state index is -0.195. The number of amides is 1. The van der Waals surface area contributed by atoms with E-state index in [9.17, 15) is 4.79 Å². The zero-order valence-corrected chi connectivity index (χ0v) is 12.6. The zero-order chi connectivity index (χ0) is 14.0. The van der Waals surface area contributed by atoms with Gasteiger partial charge in [0.15, 0.2) is 0 Å². The second-order valence-corrected chi connectivity index (χ2v) is 5.37. The van der Waals surface area contributed by atoms with Crippen LogP contribution in [0.4, 0.5) is 11.4 Å². The molecule has 0 aliphatic carbocycles. The molecule has 0 fully saturated rings. The van der Waals surface area contributed by atoms with Crippen LogP contribution in [-0.4, -0.2) is 13.0 Å². The molecule has 98 valence electrons. The topological polar surface area (TPSA) is 46.3 Å². The van der Waals surface area contributed by atoms with Crippen molar-refractivity contribution >= 4 is 44.8 Å². The summed E-state index contributed by atoms with van der Waals surface area (Å²) in [6.45, 7) is 0. The van der Waals surface area contributed by atoms with E-state index >= 15 is 0 Å². The van der Waals surface area contributed by atoms with E-state index in [-0.39, 0.29) is 5.91 Å². The summed E-state index contributed by atoms with van der Waals surface area (Å²) in [5.74, 6) is -0.195. The Morgan fingerprint density at radius 2 is 1.95 bits per heavy atom. The van der Waals surface area contributed by atoms with Gasteiger partial charge in [-0.1, -0.05) is 39.7 Å². The van der Waals surface area contributed by atoms with Crippen LogP contribution in [0.1, 0.15) is 10.4 Å². The van der Waals surface area contributed by atoms with E-state index in [1.807, 2.05) is 6.07 Å². The molecule has 0 bridgehead atoms. The normalized spacial score (nSPS) is 10.3. The molecule has 0 saturated carbocycles. The number of nitrogen functional groups attached to an aromatic ring is 1. The lowest BCUT2D eigenvalue weighted by Gasteiger charge is -2.20. The molecule has 2 rings (SSSR count). The SMILES string of the molecule is CN(C(=O)c1ccccc1Cl)c1ccc(Br)cc1N. The minimum absolute atomic E-state index is 0.195. The van der Waals surface area contributed by atoms with Gasteiger partial charge >= 0.3 is 0 Å². The van der Waals surface area contributed by atoms with E-state index in [2.05, 4.69) is 15.9 Å². The van der Waals surface area contributed by atoms with Gasteiger partial charge in [-0.05, 0) is 30.3 Å². The molecule has 2 N–H and O–H groups in total. The third-order valence-corrected chi connectivity index (χ3v) is 3.58. The number of nitrogens with zero attached hydrogens (tertiary/aromatic N) is 1. The number of carbonyl (C=O) groups is 1. The molecule has 0 unspecified atom stereocenters. The van der Waals surface area contributed by atoms with Gasteiger partial charge in [0.25, 0.3) is 5.91 Å². The Hall–Kier alpha value is -1.52. The molecule has 0 saturated heterocycles. The number of hydrogen-bond acceptors (Lipinski definition) is 2. The Labute approximate surface area is 125 Å². The molecule has 5 heteroatoms. The van der Waals surface area contributed by atoms with E-state index in [0.717, 1.165) is 4.47 Å². The Balaban J connectivity index is 2.37. The van der Waals surface area contributed by atoms with Gasteiger partial charge in [-0.3, -0.25) is 4.79 Å². The van der Waals surface area contributed by atoms with Gasteiger partial charge in [-0.15, -0.1) is 0 Å². The highest BCUT2D eigenvalue weighted by atomic mass is 79.9. The number of halogens is 2. The molecule has 19 heavy (non-hydrogen) atoms. The monoisotopic (exact) mass is 338 g/mol. The van der Waals surface area contributed by atoms with Gasteiger partial charge in [-0.2, -0.15) is 0 Å². The molecule has 2 aromatic rings. The molecule has 0 spiro atoms. The van der Waals surface area contributed by atoms with Crippen molar-refractivity contribution in [1.82, 2.24) is 0 Å². The van der Waals surface area contributed by atoms with Crippen LogP contribution in [-0.2, 0) is 0 Å². The van der Waals surface area contributed by atoms with Crippen LogP contribution < -0.4 is 10.6 Å². The lowest BCUT2D eigenvalue weighted by Crippen LogP contribution is -2.27. The van der Waals surface area contributed by atoms with E-state index in [4.69, 9.17) is 17.3 Å². The predicted molar refractivity (Wildman–Crippen MR) is 82.7 cm³/mol. The molecular formula is C14H12BrClN2O. The van der Waals surface area contributed by atoms with Crippen LogP contribution >= 0.6 is 27.5 Å².